The molecule has 0 saturated carbocycles. The van der Waals surface area contributed by atoms with Crippen molar-refractivity contribution in [2.45, 2.75) is 13.5 Å². The summed E-state index contributed by atoms with van der Waals surface area (Å²) < 4.78 is 3.33. The van der Waals surface area contributed by atoms with Gasteiger partial charge in [0.25, 0.3) is 0 Å². The Morgan fingerprint density at radius 1 is 1.12 bits per heavy atom. The van der Waals surface area contributed by atoms with Gasteiger partial charge in [0.15, 0.2) is 18.9 Å². The van der Waals surface area contributed by atoms with Crippen molar-refractivity contribution in [1.82, 2.24) is 0 Å². The molecular weight excluding hydrogens is 330 g/mol. The van der Waals surface area contributed by atoms with Crippen LogP contribution >= 0.6 is 15.9 Å². The fourth-order valence-electron chi connectivity index (χ4n) is 1.47. The van der Waals surface area contributed by atoms with Gasteiger partial charge in [-0.05, 0) is 28.4 Å². The maximum absolute atomic E-state index is 3.54. The molecule has 1 aromatic carbocycles. The van der Waals surface area contributed by atoms with E-state index in [1.165, 1.54) is 11.1 Å². The molecule has 0 saturated heterocycles. The lowest BCUT2D eigenvalue weighted by molar-refractivity contribution is -0.689. The van der Waals surface area contributed by atoms with Gasteiger partial charge in [0.05, 0.1) is 4.47 Å². The summed E-state index contributed by atoms with van der Waals surface area (Å²) in [5.41, 5.74) is 2.58. The number of benzene rings is 1. The molecule has 0 aliphatic heterocycles. The first-order valence-corrected chi connectivity index (χ1v) is 5.74. The summed E-state index contributed by atoms with van der Waals surface area (Å²) in [7, 11) is 0. The second-order valence-corrected chi connectivity index (χ2v) is 4.49. The number of pyridine rings is 1. The van der Waals surface area contributed by atoms with E-state index in [4.69, 9.17) is 0 Å². The molecule has 0 atom stereocenters. The highest BCUT2D eigenvalue weighted by molar-refractivity contribution is 9.10. The van der Waals surface area contributed by atoms with Crippen molar-refractivity contribution in [2.75, 3.05) is 0 Å². The molecular formula is C13H13Br2N. The monoisotopic (exact) mass is 341 g/mol. The van der Waals surface area contributed by atoms with Gasteiger partial charge in [0, 0.05) is 11.6 Å². The molecule has 0 aliphatic carbocycles. The molecule has 0 fully saturated rings. The van der Waals surface area contributed by atoms with Crippen molar-refractivity contribution in [3.8, 4) is 0 Å². The van der Waals surface area contributed by atoms with Crippen molar-refractivity contribution >= 4 is 15.9 Å². The lowest BCUT2D eigenvalue weighted by Gasteiger charge is -1.99. The molecule has 2 rings (SSSR count). The van der Waals surface area contributed by atoms with E-state index in [2.05, 4.69) is 70.1 Å². The molecule has 0 spiro atoms. The zero-order chi connectivity index (χ0) is 10.7. The third-order valence-electron chi connectivity index (χ3n) is 2.38. The Hall–Kier alpha value is -0.670. The number of aromatic nitrogens is 1. The molecule has 0 unspecified atom stereocenters. The summed E-state index contributed by atoms with van der Waals surface area (Å²) in [6, 6.07) is 12.6. The Labute approximate surface area is 115 Å². The Bertz CT molecular complexity index is 455. The van der Waals surface area contributed by atoms with E-state index in [-0.39, 0.29) is 17.0 Å². The van der Waals surface area contributed by atoms with E-state index < -0.39 is 0 Å². The van der Waals surface area contributed by atoms with Crippen LogP contribution in [0.15, 0.2) is 53.3 Å². The molecule has 1 nitrogen and oxygen atoms in total. The van der Waals surface area contributed by atoms with Crippen LogP contribution in [0.2, 0.25) is 0 Å². The molecule has 0 N–H and O–H groups in total. The average molecular weight is 343 g/mol. The van der Waals surface area contributed by atoms with Crippen LogP contribution in [0.1, 0.15) is 11.1 Å². The summed E-state index contributed by atoms with van der Waals surface area (Å²) in [5, 5.41) is 0. The number of rotatable bonds is 2. The molecule has 2 aromatic rings. The molecule has 0 aliphatic rings. The highest BCUT2D eigenvalue weighted by atomic mass is 79.9. The highest BCUT2D eigenvalue weighted by Crippen LogP contribution is 2.11. The Morgan fingerprint density at radius 2 is 1.81 bits per heavy atom. The first kappa shape index (κ1) is 13.4. The SMILES string of the molecule is Cc1cc[n+](Cc2ccccc2)cc1Br.[Br-]. The first-order valence-electron chi connectivity index (χ1n) is 4.95. The maximum atomic E-state index is 3.54. The predicted molar refractivity (Wildman–Crippen MR) is 64.6 cm³/mol. The van der Waals surface area contributed by atoms with Crippen LogP contribution < -0.4 is 21.5 Å². The van der Waals surface area contributed by atoms with Gasteiger partial charge in [-0.15, -0.1) is 0 Å². The summed E-state index contributed by atoms with van der Waals surface area (Å²) in [6.45, 7) is 3.01. The van der Waals surface area contributed by atoms with Gasteiger partial charge < -0.3 is 17.0 Å². The summed E-state index contributed by atoms with van der Waals surface area (Å²) >= 11 is 3.54. The highest BCUT2D eigenvalue weighted by Gasteiger charge is 2.04. The number of nitrogens with zero attached hydrogens (tertiary/aromatic N) is 1. The van der Waals surface area contributed by atoms with Gasteiger partial charge in [-0.3, -0.25) is 0 Å². The fourth-order valence-corrected chi connectivity index (χ4v) is 1.87. The zero-order valence-corrected chi connectivity index (χ0v) is 12.2. The summed E-state index contributed by atoms with van der Waals surface area (Å²) in [4.78, 5) is 0. The van der Waals surface area contributed by atoms with Crippen LogP contribution in [0.3, 0.4) is 0 Å². The Morgan fingerprint density at radius 3 is 2.44 bits per heavy atom. The largest absolute Gasteiger partial charge is 1.00 e. The van der Waals surface area contributed by atoms with Crippen LogP contribution in [0.25, 0.3) is 0 Å². The third kappa shape index (κ3) is 3.42. The zero-order valence-electron chi connectivity index (χ0n) is 9.03. The fraction of sp³-hybridized carbons (Fsp3) is 0.154. The Kier molecular flexibility index (Phi) is 5.16. The maximum Gasteiger partial charge on any atom is 0.183 e. The van der Waals surface area contributed by atoms with E-state index >= 15 is 0 Å². The van der Waals surface area contributed by atoms with E-state index in [1.54, 1.807) is 0 Å². The molecule has 3 heteroatoms. The molecule has 1 heterocycles. The number of hydrogen-bond donors (Lipinski definition) is 0. The van der Waals surface area contributed by atoms with Gasteiger partial charge in [0.2, 0.25) is 0 Å². The van der Waals surface area contributed by atoms with Gasteiger partial charge in [-0.25, -0.2) is 0 Å². The summed E-state index contributed by atoms with van der Waals surface area (Å²) in [6.07, 6.45) is 4.22. The second kappa shape index (κ2) is 6.16. The predicted octanol–water partition coefficient (Wildman–Crippen LogP) is 0.0973. The topological polar surface area (TPSA) is 3.88 Å². The minimum absolute atomic E-state index is 0. The smallest absolute Gasteiger partial charge is 0.183 e. The van der Waals surface area contributed by atoms with Gasteiger partial charge in [0.1, 0.15) is 0 Å². The first-order chi connectivity index (χ1) is 7.25. The van der Waals surface area contributed by atoms with Crippen LogP contribution in [-0.2, 0) is 6.54 Å². The third-order valence-corrected chi connectivity index (χ3v) is 3.21. The van der Waals surface area contributed by atoms with E-state index in [0.717, 1.165) is 11.0 Å². The molecule has 84 valence electrons. The number of halogens is 2. The minimum atomic E-state index is 0. The van der Waals surface area contributed by atoms with Crippen molar-refractivity contribution in [2.24, 2.45) is 0 Å². The van der Waals surface area contributed by atoms with Crippen molar-refractivity contribution in [3.63, 3.8) is 0 Å². The van der Waals surface area contributed by atoms with Crippen LogP contribution in [0.4, 0.5) is 0 Å². The van der Waals surface area contributed by atoms with Crippen molar-refractivity contribution < 1.29 is 21.5 Å². The number of aryl methyl sites for hydroxylation is 1. The molecule has 0 bridgehead atoms. The standard InChI is InChI=1S/C13H13BrN.BrH/c1-11-7-8-15(10-13(11)14)9-12-5-3-2-4-6-12;/h2-8,10H,9H2,1H3;1H/q+1;/p-1. The summed E-state index contributed by atoms with van der Waals surface area (Å²) in [5.74, 6) is 0. The molecule has 1 aromatic heterocycles. The van der Waals surface area contributed by atoms with Crippen LogP contribution in [-0.4, -0.2) is 0 Å². The van der Waals surface area contributed by atoms with E-state index in [1.807, 2.05) is 6.07 Å². The van der Waals surface area contributed by atoms with Crippen molar-refractivity contribution in [3.05, 3.63) is 64.4 Å². The molecule has 0 radical (unpaired) electrons. The van der Waals surface area contributed by atoms with Gasteiger partial charge in [-0.2, -0.15) is 4.57 Å². The van der Waals surface area contributed by atoms with E-state index in [0.29, 0.717) is 0 Å². The minimum Gasteiger partial charge on any atom is -1.00 e. The number of hydrogen-bond acceptors (Lipinski definition) is 0. The average Bonchev–Trinajstić information content (AvgIpc) is 2.25. The quantitative estimate of drug-likeness (QED) is 0.681. The Balaban J connectivity index is 0.00000128. The van der Waals surface area contributed by atoms with E-state index in [9.17, 15) is 0 Å². The molecule has 16 heavy (non-hydrogen) atoms. The lowest BCUT2D eigenvalue weighted by Crippen LogP contribution is -3.00. The van der Waals surface area contributed by atoms with Crippen LogP contribution in [0.5, 0.6) is 0 Å². The van der Waals surface area contributed by atoms with Gasteiger partial charge in [-0.1, -0.05) is 30.3 Å². The normalized spacial score (nSPS) is 9.62. The lowest BCUT2D eigenvalue weighted by atomic mass is 10.2. The van der Waals surface area contributed by atoms with Gasteiger partial charge >= 0.3 is 0 Å². The van der Waals surface area contributed by atoms with Crippen LogP contribution in [0, 0.1) is 6.92 Å². The molecule has 0 amide bonds. The van der Waals surface area contributed by atoms with Crippen molar-refractivity contribution in [1.29, 1.82) is 0 Å². The second-order valence-electron chi connectivity index (χ2n) is 3.63.